The molecule has 2 aliphatic carbocycles. The van der Waals surface area contributed by atoms with Crippen molar-refractivity contribution in [3.05, 3.63) is 23.3 Å². The number of benzene rings is 1. The average molecular weight is 303 g/mol. The van der Waals surface area contributed by atoms with Crippen molar-refractivity contribution in [3.63, 3.8) is 0 Å². The van der Waals surface area contributed by atoms with Gasteiger partial charge in [0.05, 0.1) is 17.1 Å². The van der Waals surface area contributed by atoms with Crippen molar-refractivity contribution in [1.82, 2.24) is 5.06 Å². The molecule has 0 unspecified atom stereocenters. The molecular weight excluding hydrogens is 286 g/mol. The molecule has 2 bridgehead atoms. The van der Waals surface area contributed by atoms with Crippen LogP contribution in [0.25, 0.3) is 0 Å². The molecule has 2 fully saturated rings. The normalized spacial score (nSPS) is 42.0. The molecule has 0 amide bonds. The van der Waals surface area contributed by atoms with Gasteiger partial charge in [0, 0.05) is 18.5 Å². The van der Waals surface area contributed by atoms with Gasteiger partial charge in [0.25, 0.3) is 0 Å². The predicted octanol–water partition coefficient (Wildman–Crippen LogP) is 0.505. The van der Waals surface area contributed by atoms with Crippen LogP contribution >= 0.6 is 0 Å². The van der Waals surface area contributed by atoms with Crippen LogP contribution in [0, 0.1) is 0 Å². The van der Waals surface area contributed by atoms with E-state index in [1.807, 2.05) is 6.07 Å². The van der Waals surface area contributed by atoms with Crippen molar-refractivity contribution in [2.75, 3.05) is 6.54 Å². The van der Waals surface area contributed by atoms with E-state index in [2.05, 4.69) is 0 Å². The summed E-state index contributed by atoms with van der Waals surface area (Å²) in [6.07, 6.45) is 0.724. The van der Waals surface area contributed by atoms with Crippen molar-refractivity contribution in [2.24, 2.45) is 0 Å². The molecule has 0 radical (unpaired) electrons. The molecular formula is C16H17NO5. The number of ketones is 1. The second-order valence-electron chi connectivity index (χ2n) is 6.94. The van der Waals surface area contributed by atoms with E-state index in [-0.39, 0.29) is 18.0 Å². The number of nitrogens with zero attached hydrogens (tertiary/aromatic N) is 1. The molecule has 1 saturated heterocycles. The second kappa shape index (κ2) is 3.64. The molecule has 6 nitrogen and oxygen atoms in total. The predicted molar refractivity (Wildman–Crippen MR) is 74.0 cm³/mol. The summed E-state index contributed by atoms with van der Waals surface area (Å²) in [5.74, 6) is 0.335. The summed E-state index contributed by atoms with van der Waals surface area (Å²) in [6.45, 7) is 0.384. The van der Waals surface area contributed by atoms with Crippen LogP contribution in [0.4, 0.5) is 0 Å². The SMILES string of the molecule is O=C1CC[C@@]2(O)[C@H]3Cc4ccc(O)c5c4[C@@]2(CCN3O)[C@H]1O5. The van der Waals surface area contributed by atoms with Gasteiger partial charge in [-0.1, -0.05) is 6.07 Å². The quantitative estimate of drug-likeness (QED) is 0.647. The molecule has 6 heteroatoms. The Morgan fingerprint density at radius 3 is 2.95 bits per heavy atom. The average Bonchev–Trinajstić information content (AvgIpc) is 2.85. The van der Waals surface area contributed by atoms with Crippen molar-refractivity contribution in [2.45, 2.75) is 48.8 Å². The van der Waals surface area contributed by atoms with E-state index in [0.717, 1.165) is 11.1 Å². The maximum absolute atomic E-state index is 12.5. The maximum Gasteiger partial charge on any atom is 0.174 e. The van der Waals surface area contributed by atoms with Gasteiger partial charge in [0.1, 0.15) is 0 Å². The Bertz CT molecular complexity index is 719. The van der Waals surface area contributed by atoms with Gasteiger partial charge in [-0.15, -0.1) is 0 Å². The van der Waals surface area contributed by atoms with Crippen LogP contribution in [0.3, 0.4) is 0 Å². The minimum Gasteiger partial charge on any atom is -0.504 e. The summed E-state index contributed by atoms with van der Waals surface area (Å²) in [5, 5.41) is 33.1. The third-order valence-corrected chi connectivity index (χ3v) is 6.23. The zero-order valence-electron chi connectivity index (χ0n) is 12.0. The lowest BCUT2D eigenvalue weighted by Crippen LogP contribution is -2.76. The fraction of sp³-hybridized carbons (Fsp3) is 0.562. The number of ether oxygens (including phenoxy) is 1. The van der Waals surface area contributed by atoms with Crippen LogP contribution < -0.4 is 4.74 Å². The Kier molecular flexibility index (Phi) is 2.13. The van der Waals surface area contributed by atoms with Gasteiger partial charge in [-0.05, 0) is 30.9 Å². The number of hydrogen-bond acceptors (Lipinski definition) is 6. The highest BCUT2D eigenvalue weighted by atomic mass is 16.5. The summed E-state index contributed by atoms with van der Waals surface area (Å²) in [4.78, 5) is 12.5. The molecule has 1 spiro atoms. The molecule has 22 heavy (non-hydrogen) atoms. The highest BCUT2D eigenvalue weighted by Gasteiger charge is 2.73. The number of hydrogen-bond donors (Lipinski definition) is 3. The van der Waals surface area contributed by atoms with Crippen molar-refractivity contribution in [1.29, 1.82) is 0 Å². The fourth-order valence-corrected chi connectivity index (χ4v) is 5.30. The first-order chi connectivity index (χ1) is 10.5. The van der Waals surface area contributed by atoms with E-state index in [4.69, 9.17) is 4.74 Å². The lowest BCUT2D eigenvalue weighted by Gasteiger charge is -2.61. The smallest absolute Gasteiger partial charge is 0.174 e. The van der Waals surface area contributed by atoms with Crippen LogP contribution in [0.5, 0.6) is 11.5 Å². The van der Waals surface area contributed by atoms with Crippen LogP contribution in [0.2, 0.25) is 0 Å². The summed E-state index contributed by atoms with van der Waals surface area (Å²) in [7, 11) is 0. The molecule has 1 saturated carbocycles. The Labute approximate surface area is 126 Å². The number of piperidine rings is 1. The number of aromatic hydroxyl groups is 1. The first kappa shape index (κ1) is 12.9. The van der Waals surface area contributed by atoms with E-state index < -0.39 is 23.2 Å². The monoisotopic (exact) mass is 303 g/mol. The standard InChI is InChI=1S/C16H17NO5/c18-9-2-1-8-7-11-16(20)4-3-10(19)14-15(16,5-6-17(11)21)12(8)13(9)22-14/h1-2,11,14,18,20-21H,3-7H2/t11-,14+,15+,16-/m1/s1. The van der Waals surface area contributed by atoms with E-state index in [1.54, 1.807) is 6.07 Å². The number of Topliss-reactive ketones (excluding diaryl/α,β-unsaturated/α-hetero) is 1. The van der Waals surface area contributed by atoms with E-state index >= 15 is 0 Å². The number of carbonyl (C=O) groups is 1. The first-order valence-electron chi connectivity index (χ1n) is 7.71. The lowest BCUT2D eigenvalue weighted by atomic mass is 9.49. The molecule has 116 valence electrons. The largest absolute Gasteiger partial charge is 0.504 e. The minimum atomic E-state index is -1.20. The molecule has 2 aliphatic heterocycles. The maximum atomic E-state index is 12.5. The van der Waals surface area contributed by atoms with Crippen molar-refractivity contribution >= 4 is 5.78 Å². The molecule has 0 aromatic heterocycles. The van der Waals surface area contributed by atoms with E-state index in [9.17, 15) is 20.2 Å². The summed E-state index contributed by atoms with van der Waals surface area (Å²) >= 11 is 0. The summed E-state index contributed by atoms with van der Waals surface area (Å²) in [5.41, 5.74) is -0.311. The van der Waals surface area contributed by atoms with Gasteiger partial charge < -0.3 is 20.2 Å². The van der Waals surface area contributed by atoms with Crippen LogP contribution in [0.15, 0.2) is 12.1 Å². The number of carbonyl (C=O) groups excluding carboxylic acids is 1. The number of rotatable bonds is 0. The molecule has 1 aromatic carbocycles. The van der Waals surface area contributed by atoms with Gasteiger partial charge in [-0.25, -0.2) is 0 Å². The van der Waals surface area contributed by atoms with Gasteiger partial charge in [0.2, 0.25) is 0 Å². The van der Waals surface area contributed by atoms with E-state index in [0.29, 0.717) is 31.6 Å². The van der Waals surface area contributed by atoms with Gasteiger partial charge in [0.15, 0.2) is 23.4 Å². The number of phenols is 1. The Hall–Kier alpha value is -1.63. The minimum absolute atomic E-state index is 0.0163. The second-order valence-corrected chi connectivity index (χ2v) is 6.94. The number of phenolic OH excluding ortho intramolecular Hbond substituents is 1. The Balaban J connectivity index is 1.88. The van der Waals surface area contributed by atoms with Gasteiger partial charge >= 0.3 is 0 Å². The fourth-order valence-electron chi connectivity index (χ4n) is 5.30. The molecule has 4 aliphatic rings. The van der Waals surface area contributed by atoms with Crippen LogP contribution in [0.1, 0.15) is 30.4 Å². The zero-order chi connectivity index (χ0) is 15.3. The number of hydroxylamine groups is 2. The highest BCUT2D eigenvalue weighted by molar-refractivity contribution is 5.90. The van der Waals surface area contributed by atoms with E-state index in [1.165, 1.54) is 5.06 Å². The third-order valence-electron chi connectivity index (χ3n) is 6.23. The first-order valence-corrected chi connectivity index (χ1v) is 7.71. The Morgan fingerprint density at radius 1 is 1.32 bits per heavy atom. The summed E-state index contributed by atoms with van der Waals surface area (Å²) in [6, 6.07) is 2.93. The van der Waals surface area contributed by atoms with Crippen molar-refractivity contribution < 1.29 is 25.0 Å². The topological polar surface area (TPSA) is 90.2 Å². The zero-order valence-corrected chi connectivity index (χ0v) is 12.0. The molecule has 4 atom stereocenters. The Morgan fingerprint density at radius 2 is 2.14 bits per heavy atom. The van der Waals surface area contributed by atoms with Crippen LogP contribution in [-0.2, 0) is 16.6 Å². The molecule has 3 N–H and O–H groups in total. The van der Waals surface area contributed by atoms with Gasteiger partial charge in [-0.3, -0.25) is 4.79 Å². The molecule has 5 rings (SSSR count). The highest BCUT2D eigenvalue weighted by Crippen LogP contribution is 2.64. The lowest BCUT2D eigenvalue weighted by molar-refractivity contribution is -0.257. The van der Waals surface area contributed by atoms with Crippen molar-refractivity contribution in [3.8, 4) is 11.5 Å². The van der Waals surface area contributed by atoms with Gasteiger partial charge in [-0.2, -0.15) is 5.06 Å². The number of aliphatic hydroxyl groups is 1. The molecule has 2 heterocycles. The summed E-state index contributed by atoms with van der Waals surface area (Å²) < 4.78 is 5.86. The van der Waals surface area contributed by atoms with Crippen LogP contribution in [-0.4, -0.2) is 50.6 Å². The molecule has 1 aromatic rings. The third kappa shape index (κ3) is 1.12.